The third-order valence-corrected chi connectivity index (χ3v) is 3.49. The monoisotopic (exact) mass is 343 g/mol. The molecule has 0 aliphatic rings. The summed E-state index contributed by atoms with van der Waals surface area (Å²) in [5.74, 6) is -0.428. The Morgan fingerprint density at radius 1 is 1.26 bits per heavy atom. The highest BCUT2D eigenvalue weighted by molar-refractivity contribution is 6.53. The van der Waals surface area contributed by atoms with Crippen LogP contribution in [0.15, 0.2) is 18.2 Å². The first-order valence-electron chi connectivity index (χ1n) is 5.57. The van der Waals surface area contributed by atoms with Gasteiger partial charge >= 0.3 is 0 Å². The van der Waals surface area contributed by atoms with E-state index < -0.39 is 10.7 Å². The molecule has 0 fully saturated rings. The maximum absolute atomic E-state index is 11.7. The van der Waals surface area contributed by atoms with Crippen molar-refractivity contribution < 1.29 is 9.90 Å². The predicted octanol–water partition coefficient (Wildman–Crippen LogP) is 3.16. The van der Waals surface area contributed by atoms with E-state index in [-0.39, 0.29) is 13.2 Å². The van der Waals surface area contributed by atoms with Crippen LogP contribution in [-0.4, -0.2) is 40.4 Å². The molecule has 0 radical (unpaired) electrons. The Balaban J connectivity index is 2.68. The van der Waals surface area contributed by atoms with Gasteiger partial charge in [-0.25, -0.2) is 0 Å². The average molecular weight is 345 g/mol. The molecule has 0 unspecified atom stereocenters. The van der Waals surface area contributed by atoms with E-state index in [1.807, 2.05) is 0 Å². The summed E-state index contributed by atoms with van der Waals surface area (Å²) in [7, 11) is 0. The van der Waals surface area contributed by atoms with Crippen molar-refractivity contribution in [3.05, 3.63) is 33.8 Å². The van der Waals surface area contributed by atoms with Gasteiger partial charge in [-0.05, 0) is 24.1 Å². The van der Waals surface area contributed by atoms with Crippen LogP contribution in [0.25, 0.3) is 0 Å². The van der Waals surface area contributed by atoms with Gasteiger partial charge in [-0.3, -0.25) is 4.79 Å². The second-order valence-electron chi connectivity index (χ2n) is 3.84. The van der Waals surface area contributed by atoms with Crippen molar-refractivity contribution in [3.8, 4) is 0 Å². The predicted molar refractivity (Wildman–Crippen MR) is 79.3 cm³/mol. The highest BCUT2D eigenvalue weighted by atomic mass is 35.5. The van der Waals surface area contributed by atoms with Crippen molar-refractivity contribution in [2.45, 2.75) is 11.3 Å². The molecular formula is C12H13Cl4NO2. The fourth-order valence-corrected chi connectivity index (χ4v) is 2.35. The van der Waals surface area contributed by atoms with Crippen LogP contribution in [0.4, 0.5) is 0 Å². The average Bonchev–Trinajstić information content (AvgIpc) is 2.35. The summed E-state index contributed by atoms with van der Waals surface area (Å²) >= 11 is 22.9. The van der Waals surface area contributed by atoms with Crippen LogP contribution in [0.2, 0.25) is 10.0 Å². The van der Waals surface area contributed by atoms with Crippen molar-refractivity contribution in [2.24, 2.45) is 0 Å². The molecule has 0 aromatic heterocycles. The van der Waals surface area contributed by atoms with Gasteiger partial charge in [-0.1, -0.05) is 52.5 Å². The standard InChI is InChI=1S/C12H13Cl4NO2/c13-9-2-1-8(10(14)7-9)3-4-17(5-6-18)12(19)11(15)16/h1-2,7,11,18H,3-6H2. The first-order chi connectivity index (χ1) is 8.95. The van der Waals surface area contributed by atoms with Crippen molar-refractivity contribution in [1.29, 1.82) is 0 Å². The van der Waals surface area contributed by atoms with Gasteiger partial charge in [-0.2, -0.15) is 0 Å². The molecule has 0 aliphatic heterocycles. The smallest absolute Gasteiger partial charge is 0.255 e. The number of carbonyl (C=O) groups is 1. The summed E-state index contributed by atoms with van der Waals surface area (Å²) in [5.41, 5.74) is 0.863. The van der Waals surface area contributed by atoms with Crippen molar-refractivity contribution in [1.82, 2.24) is 4.90 Å². The van der Waals surface area contributed by atoms with Gasteiger partial charge in [-0.15, -0.1) is 0 Å². The molecule has 1 aromatic rings. The lowest BCUT2D eigenvalue weighted by Gasteiger charge is -2.22. The molecule has 0 atom stereocenters. The summed E-state index contributed by atoms with van der Waals surface area (Å²) in [6.07, 6.45) is 0.530. The van der Waals surface area contributed by atoms with Crippen LogP contribution in [0, 0.1) is 0 Å². The Labute approximate surface area is 132 Å². The number of alkyl halides is 2. The van der Waals surface area contributed by atoms with Crippen LogP contribution in [0.5, 0.6) is 0 Å². The molecule has 1 amide bonds. The second kappa shape index (κ2) is 8.18. The molecule has 1 aromatic carbocycles. The lowest BCUT2D eigenvalue weighted by molar-refractivity contribution is -0.129. The van der Waals surface area contributed by atoms with Crippen LogP contribution in [0.1, 0.15) is 5.56 Å². The van der Waals surface area contributed by atoms with Gasteiger partial charge in [0.15, 0.2) is 4.84 Å². The summed E-state index contributed by atoms with van der Waals surface area (Å²) < 4.78 is 0. The van der Waals surface area contributed by atoms with E-state index >= 15 is 0 Å². The highest BCUT2D eigenvalue weighted by Gasteiger charge is 2.19. The third-order valence-electron chi connectivity index (χ3n) is 2.53. The molecular weight excluding hydrogens is 332 g/mol. The second-order valence-corrected chi connectivity index (χ2v) is 5.78. The van der Waals surface area contributed by atoms with Crippen molar-refractivity contribution >= 4 is 52.3 Å². The van der Waals surface area contributed by atoms with E-state index in [1.54, 1.807) is 18.2 Å². The number of halogens is 4. The lowest BCUT2D eigenvalue weighted by Crippen LogP contribution is -2.38. The summed E-state index contributed by atoms with van der Waals surface area (Å²) in [6, 6.07) is 5.17. The summed E-state index contributed by atoms with van der Waals surface area (Å²) in [4.78, 5) is 12.0. The molecule has 3 nitrogen and oxygen atoms in total. The summed E-state index contributed by atoms with van der Waals surface area (Å²) in [5, 5.41) is 10.0. The molecule has 0 spiro atoms. The Morgan fingerprint density at radius 2 is 1.95 bits per heavy atom. The van der Waals surface area contributed by atoms with Gasteiger partial charge in [0.25, 0.3) is 5.91 Å². The quantitative estimate of drug-likeness (QED) is 0.805. The SMILES string of the molecule is O=C(C(Cl)Cl)N(CCO)CCc1ccc(Cl)cc1Cl. The number of benzene rings is 1. The number of nitrogens with zero attached hydrogens (tertiary/aromatic N) is 1. The van der Waals surface area contributed by atoms with Gasteiger partial charge in [0, 0.05) is 23.1 Å². The van der Waals surface area contributed by atoms with E-state index in [9.17, 15) is 4.79 Å². The molecule has 7 heteroatoms. The van der Waals surface area contributed by atoms with Crippen molar-refractivity contribution in [2.75, 3.05) is 19.7 Å². The summed E-state index contributed by atoms with van der Waals surface area (Å²) in [6.45, 7) is 0.400. The zero-order valence-electron chi connectivity index (χ0n) is 9.95. The number of aliphatic hydroxyl groups is 1. The topological polar surface area (TPSA) is 40.5 Å². The van der Waals surface area contributed by atoms with Gasteiger partial charge in [0.2, 0.25) is 0 Å². The minimum Gasteiger partial charge on any atom is -0.395 e. The first kappa shape index (κ1) is 16.9. The molecule has 0 aliphatic carbocycles. The zero-order valence-corrected chi connectivity index (χ0v) is 13.0. The fraction of sp³-hybridized carbons (Fsp3) is 0.417. The molecule has 1 rings (SSSR count). The van der Waals surface area contributed by atoms with Crippen LogP contribution in [0.3, 0.4) is 0 Å². The van der Waals surface area contributed by atoms with Crippen LogP contribution >= 0.6 is 46.4 Å². The number of aliphatic hydroxyl groups excluding tert-OH is 1. The zero-order chi connectivity index (χ0) is 14.4. The Bertz CT molecular complexity index is 440. The normalized spacial score (nSPS) is 10.8. The Kier molecular flexibility index (Phi) is 7.26. The molecule has 0 saturated heterocycles. The van der Waals surface area contributed by atoms with E-state index in [0.717, 1.165) is 5.56 Å². The maximum Gasteiger partial charge on any atom is 0.255 e. The third kappa shape index (κ3) is 5.36. The van der Waals surface area contributed by atoms with E-state index in [2.05, 4.69) is 0 Å². The minimum atomic E-state index is -1.13. The maximum atomic E-state index is 11.7. The molecule has 0 bridgehead atoms. The number of amides is 1. The number of carbonyl (C=O) groups excluding carboxylic acids is 1. The minimum absolute atomic E-state index is 0.152. The largest absolute Gasteiger partial charge is 0.395 e. The van der Waals surface area contributed by atoms with Crippen LogP contribution in [-0.2, 0) is 11.2 Å². The molecule has 19 heavy (non-hydrogen) atoms. The number of hydrogen-bond acceptors (Lipinski definition) is 2. The van der Waals surface area contributed by atoms with Crippen molar-refractivity contribution in [3.63, 3.8) is 0 Å². The number of rotatable bonds is 6. The fourth-order valence-electron chi connectivity index (χ4n) is 1.57. The molecule has 0 saturated carbocycles. The Morgan fingerprint density at radius 3 is 2.47 bits per heavy atom. The van der Waals surface area contributed by atoms with E-state index in [0.29, 0.717) is 23.0 Å². The van der Waals surface area contributed by atoms with Gasteiger partial charge in [0.05, 0.1) is 6.61 Å². The lowest BCUT2D eigenvalue weighted by atomic mass is 10.1. The van der Waals surface area contributed by atoms with Gasteiger partial charge < -0.3 is 10.0 Å². The molecule has 106 valence electrons. The highest BCUT2D eigenvalue weighted by Crippen LogP contribution is 2.21. The van der Waals surface area contributed by atoms with Gasteiger partial charge in [0.1, 0.15) is 0 Å². The molecule has 0 heterocycles. The van der Waals surface area contributed by atoms with Crippen LogP contribution < -0.4 is 0 Å². The van der Waals surface area contributed by atoms with E-state index in [4.69, 9.17) is 51.5 Å². The first-order valence-corrected chi connectivity index (χ1v) is 7.20. The molecule has 1 N–H and O–H groups in total. The number of hydrogen-bond donors (Lipinski definition) is 1. The van der Waals surface area contributed by atoms with E-state index in [1.165, 1.54) is 4.90 Å². The Hall–Kier alpha value is -0.190.